The van der Waals surface area contributed by atoms with Gasteiger partial charge in [0.25, 0.3) is 10.1 Å². The van der Waals surface area contributed by atoms with Crippen LogP contribution in [0.15, 0.2) is 60.0 Å². The van der Waals surface area contributed by atoms with Crippen molar-refractivity contribution < 1.29 is 26.1 Å². The monoisotopic (exact) mass is 469 g/mol. The third kappa shape index (κ3) is 4.77. The Hall–Kier alpha value is -2.40. The average molecular weight is 470 g/mol. The first kappa shape index (κ1) is 21.8. The quantitative estimate of drug-likeness (QED) is 0.492. The summed E-state index contributed by atoms with van der Waals surface area (Å²) in [6.07, 6.45) is 3.04. The molecule has 4 rings (SSSR count). The van der Waals surface area contributed by atoms with Crippen LogP contribution in [0.1, 0.15) is 12.0 Å². The lowest BCUT2D eigenvalue weighted by Crippen LogP contribution is -2.32. The van der Waals surface area contributed by atoms with Crippen LogP contribution in [0.3, 0.4) is 0 Å². The van der Waals surface area contributed by atoms with Crippen molar-refractivity contribution in [2.75, 3.05) is 13.2 Å². The van der Waals surface area contributed by atoms with Gasteiger partial charge in [-0.1, -0.05) is 17.7 Å². The number of rotatable bonds is 7. The van der Waals surface area contributed by atoms with Gasteiger partial charge >= 0.3 is 0 Å². The molecule has 1 aliphatic rings. The number of ether oxygens (including phenoxy) is 1. The van der Waals surface area contributed by atoms with E-state index in [0.717, 1.165) is 12.1 Å². The third-order valence-electron chi connectivity index (χ3n) is 5.08. The van der Waals surface area contributed by atoms with Gasteiger partial charge in [-0.3, -0.25) is 4.18 Å². The van der Waals surface area contributed by atoms with Crippen LogP contribution in [0.5, 0.6) is 0 Å². The maximum absolute atomic E-state index is 14.6. The Balaban J connectivity index is 1.53. The molecule has 1 aliphatic heterocycles. The van der Waals surface area contributed by atoms with E-state index >= 15 is 0 Å². The Kier molecular flexibility index (Phi) is 6.07. The van der Waals surface area contributed by atoms with E-state index in [1.54, 1.807) is 0 Å². The summed E-state index contributed by atoms with van der Waals surface area (Å²) in [6, 6.07) is 8.89. The lowest BCUT2D eigenvalue weighted by Gasteiger charge is -2.29. The van der Waals surface area contributed by atoms with E-state index in [2.05, 4.69) is 10.1 Å². The summed E-state index contributed by atoms with van der Waals surface area (Å²) in [6.45, 7) is 0.0878. The number of benzene rings is 2. The molecule has 2 heterocycles. The van der Waals surface area contributed by atoms with Crippen molar-refractivity contribution in [3.63, 3.8) is 0 Å². The highest BCUT2D eigenvalue weighted by atomic mass is 35.5. The number of hydrogen-bond acceptors (Lipinski definition) is 6. The van der Waals surface area contributed by atoms with E-state index < -0.39 is 27.4 Å². The Morgan fingerprint density at radius 2 is 2.00 bits per heavy atom. The molecule has 0 unspecified atom stereocenters. The van der Waals surface area contributed by atoms with E-state index in [4.69, 9.17) is 20.5 Å². The molecule has 0 bridgehead atoms. The fraction of sp³-hybridized carbons (Fsp3) is 0.300. The maximum atomic E-state index is 14.6. The highest BCUT2D eigenvalue weighted by molar-refractivity contribution is 7.86. The van der Waals surface area contributed by atoms with Gasteiger partial charge in [0.2, 0.25) is 0 Å². The zero-order valence-electron chi connectivity index (χ0n) is 16.1. The minimum Gasteiger partial charge on any atom is -0.368 e. The summed E-state index contributed by atoms with van der Waals surface area (Å²) < 4.78 is 65.6. The Morgan fingerprint density at radius 1 is 1.23 bits per heavy atom. The minimum atomic E-state index is -4.00. The molecule has 0 amide bonds. The lowest BCUT2D eigenvalue weighted by molar-refractivity contribution is -0.0206. The molecule has 1 fully saturated rings. The van der Waals surface area contributed by atoms with Crippen LogP contribution in [-0.2, 0) is 31.2 Å². The minimum absolute atomic E-state index is 0.0192. The van der Waals surface area contributed by atoms with Crippen LogP contribution >= 0.6 is 11.6 Å². The van der Waals surface area contributed by atoms with Gasteiger partial charge in [-0.2, -0.15) is 13.5 Å². The van der Waals surface area contributed by atoms with Gasteiger partial charge in [0, 0.05) is 22.6 Å². The third-order valence-corrected chi connectivity index (χ3v) is 6.63. The first-order chi connectivity index (χ1) is 14.8. The summed E-state index contributed by atoms with van der Waals surface area (Å²) in [4.78, 5) is 3.86. The molecule has 2 aromatic carbocycles. The topological polar surface area (TPSA) is 83.3 Å². The van der Waals surface area contributed by atoms with Crippen LogP contribution in [-0.4, -0.2) is 36.4 Å². The van der Waals surface area contributed by atoms with Gasteiger partial charge in [0.05, 0.1) is 24.7 Å². The van der Waals surface area contributed by atoms with Gasteiger partial charge in [-0.25, -0.2) is 18.4 Å². The molecule has 1 saturated heterocycles. The zero-order chi connectivity index (χ0) is 22.1. The van der Waals surface area contributed by atoms with Crippen molar-refractivity contribution in [2.24, 2.45) is 5.92 Å². The molecule has 2 atom stereocenters. The van der Waals surface area contributed by atoms with Gasteiger partial charge in [0.15, 0.2) is 0 Å². The van der Waals surface area contributed by atoms with Crippen molar-refractivity contribution >= 4 is 21.7 Å². The van der Waals surface area contributed by atoms with Gasteiger partial charge in [-0.15, -0.1) is 0 Å². The van der Waals surface area contributed by atoms with Crippen LogP contribution < -0.4 is 0 Å². The highest BCUT2D eigenvalue weighted by Crippen LogP contribution is 2.42. The van der Waals surface area contributed by atoms with Gasteiger partial charge in [0.1, 0.15) is 29.9 Å². The van der Waals surface area contributed by atoms with E-state index in [-0.39, 0.29) is 42.6 Å². The number of halogens is 3. The summed E-state index contributed by atoms with van der Waals surface area (Å²) in [5, 5.41) is 4.45. The predicted molar refractivity (Wildman–Crippen MR) is 107 cm³/mol. The summed E-state index contributed by atoms with van der Waals surface area (Å²) in [5.74, 6) is -1.81. The molecule has 3 aromatic rings. The van der Waals surface area contributed by atoms with Crippen LogP contribution in [0.2, 0.25) is 5.02 Å². The van der Waals surface area contributed by atoms with Gasteiger partial charge in [-0.05, 0) is 36.8 Å². The molecule has 31 heavy (non-hydrogen) atoms. The normalized spacial score (nSPS) is 21.5. The molecule has 0 radical (unpaired) electrons. The van der Waals surface area contributed by atoms with E-state index in [1.807, 2.05) is 0 Å². The maximum Gasteiger partial charge on any atom is 0.296 e. The second kappa shape index (κ2) is 8.62. The molecular formula is C20H18ClF2N3O4S. The highest BCUT2D eigenvalue weighted by Gasteiger charge is 2.45. The van der Waals surface area contributed by atoms with E-state index in [0.29, 0.717) is 5.02 Å². The van der Waals surface area contributed by atoms with Crippen LogP contribution in [0.25, 0.3) is 0 Å². The number of hydrogen-bond donors (Lipinski definition) is 0. The molecule has 0 N–H and O–H groups in total. The Labute approximate surface area is 182 Å². The van der Waals surface area contributed by atoms with Crippen molar-refractivity contribution in [1.29, 1.82) is 0 Å². The van der Waals surface area contributed by atoms with Crippen molar-refractivity contribution in [1.82, 2.24) is 14.8 Å². The summed E-state index contributed by atoms with van der Waals surface area (Å²) >= 11 is 5.80. The number of nitrogens with zero attached hydrogens (tertiary/aromatic N) is 3. The average Bonchev–Trinajstić information content (AvgIpc) is 3.38. The van der Waals surface area contributed by atoms with Crippen molar-refractivity contribution in [2.45, 2.75) is 23.5 Å². The molecule has 11 heteroatoms. The largest absolute Gasteiger partial charge is 0.368 e. The molecule has 1 aromatic heterocycles. The SMILES string of the molecule is O=S(=O)(OC[C@H]1CO[C@@](Cn2cncn2)(c2ccc(F)cc2F)C1)c1ccc(Cl)cc1. The standard InChI is InChI=1S/C20H18ClF2N3O4S/c21-15-1-4-17(5-2-15)31(27,28)30-10-14-8-20(29-9-14,11-26-13-24-12-25-26)18-6-3-16(22)7-19(18)23/h1-7,12-14H,8-11H2/t14-,20+/m1/s1. The molecule has 0 saturated carbocycles. The smallest absolute Gasteiger partial charge is 0.296 e. The van der Waals surface area contributed by atoms with E-state index in [9.17, 15) is 17.2 Å². The van der Waals surface area contributed by atoms with Crippen molar-refractivity contribution in [3.8, 4) is 0 Å². The van der Waals surface area contributed by atoms with Crippen LogP contribution in [0.4, 0.5) is 8.78 Å². The second-order valence-electron chi connectivity index (χ2n) is 7.29. The fourth-order valence-corrected chi connectivity index (χ4v) is 4.74. The van der Waals surface area contributed by atoms with E-state index in [1.165, 1.54) is 47.7 Å². The predicted octanol–water partition coefficient (Wildman–Crippen LogP) is 3.55. The molecule has 164 valence electrons. The second-order valence-corrected chi connectivity index (χ2v) is 9.34. The first-order valence-corrected chi connectivity index (χ1v) is 11.1. The van der Waals surface area contributed by atoms with Crippen molar-refractivity contribution in [3.05, 3.63) is 77.3 Å². The molecule has 0 aliphatic carbocycles. The molecular weight excluding hydrogens is 452 g/mol. The molecule has 7 nitrogen and oxygen atoms in total. The summed E-state index contributed by atoms with van der Waals surface area (Å²) in [5.41, 5.74) is -1.02. The molecule has 0 spiro atoms. The number of aromatic nitrogens is 3. The summed E-state index contributed by atoms with van der Waals surface area (Å²) in [7, 11) is -4.00. The zero-order valence-corrected chi connectivity index (χ0v) is 17.7. The Morgan fingerprint density at radius 3 is 2.68 bits per heavy atom. The van der Waals surface area contributed by atoms with Crippen LogP contribution in [0, 0.1) is 17.6 Å². The Bertz CT molecular complexity index is 1160. The lowest BCUT2D eigenvalue weighted by atomic mass is 9.87. The van der Waals surface area contributed by atoms with Gasteiger partial charge < -0.3 is 4.74 Å². The first-order valence-electron chi connectivity index (χ1n) is 9.34. The fourth-order valence-electron chi connectivity index (χ4n) is 3.64.